The number of hydrogen-bond donors (Lipinski definition) is 0. The van der Waals surface area contributed by atoms with Crippen molar-refractivity contribution in [2.75, 3.05) is 0 Å². The van der Waals surface area contributed by atoms with Crippen LogP contribution in [0.25, 0.3) is 21.9 Å². The molecule has 2 heterocycles. The first kappa shape index (κ1) is 26.2. The molecule has 4 aromatic rings. The van der Waals surface area contributed by atoms with Crippen LogP contribution in [0, 0.1) is 13.8 Å². The van der Waals surface area contributed by atoms with Gasteiger partial charge in [0.1, 0.15) is 12.0 Å². The van der Waals surface area contributed by atoms with E-state index in [0.717, 1.165) is 40.3 Å². The number of rotatable bonds is 9. The molecule has 37 heavy (non-hydrogen) atoms. The molecule has 0 spiro atoms. The Labute approximate surface area is 217 Å². The minimum atomic E-state index is -0.480. The number of allylic oxidation sites excluding steroid dienone is 2. The number of carbonyl (C=O) groups is 2. The second-order valence-corrected chi connectivity index (χ2v) is 9.82. The Morgan fingerprint density at radius 2 is 1.86 bits per heavy atom. The van der Waals surface area contributed by atoms with Crippen molar-refractivity contribution in [1.82, 2.24) is 13.7 Å². The highest BCUT2D eigenvalue weighted by atomic mass is 16.5. The van der Waals surface area contributed by atoms with Gasteiger partial charge in [0.2, 0.25) is 0 Å². The maximum atomic E-state index is 13.9. The van der Waals surface area contributed by atoms with Crippen molar-refractivity contribution in [3.8, 4) is 0 Å². The van der Waals surface area contributed by atoms with E-state index in [9.17, 15) is 14.4 Å². The number of aryl methyl sites for hydroxylation is 3. The highest BCUT2D eigenvalue weighted by Gasteiger charge is 2.23. The van der Waals surface area contributed by atoms with Crippen molar-refractivity contribution in [2.24, 2.45) is 7.05 Å². The van der Waals surface area contributed by atoms with Gasteiger partial charge in [-0.15, -0.1) is 0 Å². The molecule has 7 heteroatoms. The highest BCUT2D eigenvalue weighted by molar-refractivity contribution is 5.94. The van der Waals surface area contributed by atoms with Crippen molar-refractivity contribution in [3.63, 3.8) is 0 Å². The van der Waals surface area contributed by atoms with Crippen molar-refractivity contribution in [2.45, 2.75) is 66.5 Å². The van der Waals surface area contributed by atoms with Crippen LogP contribution in [0.5, 0.6) is 0 Å². The van der Waals surface area contributed by atoms with E-state index in [1.54, 1.807) is 47.3 Å². The third-order valence-electron chi connectivity index (χ3n) is 7.05. The summed E-state index contributed by atoms with van der Waals surface area (Å²) in [5.41, 5.74) is 6.05. The molecule has 7 nitrogen and oxygen atoms in total. The average molecular weight is 502 g/mol. The topological polar surface area (TPSA) is 75.2 Å². The number of imidazole rings is 1. The summed E-state index contributed by atoms with van der Waals surface area (Å²) in [5.74, 6) is 0.0261. The molecule has 0 aliphatic rings. The van der Waals surface area contributed by atoms with E-state index in [-0.39, 0.29) is 18.2 Å². The number of carbonyl (C=O) groups excluding carboxylic acids is 2. The van der Waals surface area contributed by atoms with Crippen LogP contribution in [-0.2, 0) is 23.1 Å². The minimum Gasteiger partial charge on any atom is -0.428 e. The monoisotopic (exact) mass is 501 g/mol. The molecule has 194 valence electrons. The summed E-state index contributed by atoms with van der Waals surface area (Å²) in [6.45, 7) is 10.1. The molecule has 4 rings (SSSR count). The lowest BCUT2D eigenvalue weighted by atomic mass is 10.0. The number of fused-ring (bicyclic) bond motifs is 2. The molecule has 0 unspecified atom stereocenters. The number of esters is 1. The zero-order valence-electron chi connectivity index (χ0n) is 22.5. The normalized spacial score (nSPS) is 12.9. The van der Waals surface area contributed by atoms with Gasteiger partial charge in [-0.3, -0.25) is 9.13 Å². The maximum absolute atomic E-state index is 13.9. The van der Waals surface area contributed by atoms with Crippen LogP contribution in [0.4, 0.5) is 0 Å². The van der Waals surface area contributed by atoms with E-state index < -0.39 is 5.97 Å². The first-order chi connectivity index (χ1) is 17.7. The number of ether oxygens (including phenoxy) is 1. The van der Waals surface area contributed by atoms with Crippen LogP contribution in [0.15, 0.2) is 53.2 Å². The third-order valence-corrected chi connectivity index (χ3v) is 7.05. The van der Waals surface area contributed by atoms with Crippen LogP contribution in [0.1, 0.15) is 73.1 Å². The summed E-state index contributed by atoms with van der Waals surface area (Å²) >= 11 is 0. The van der Waals surface area contributed by atoms with Crippen molar-refractivity contribution in [1.29, 1.82) is 0 Å². The second-order valence-electron chi connectivity index (χ2n) is 9.82. The van der Waals surface area contributed by atoms with Crippen LogP contribution in [-0.4, -0.2) is 26.0 Å². The lowest BCUT2D eigenvalue weighted by Gasteiger charge is -2.15. The fraction of sp³-hybridized carbons (Fsp3) is 0.367. The van der Waals surface area contributed by atoms with Gasteiger partial charge >= 0.3 is 11.7 Å². The molecule has 0 amide bonds. The smallest absolute Gasteiger partial charge is 0.343 e. The van der Waals surface area contributed by atoms with Gasteiger partial charge < -0.3 is 14.1 Å². The van der Waals surface area contributed by atoms with E-state index in [1.165, 1.54) is 5.56 Å². The van der Waals surface area contributed by atoms with E-state index in [4.69, 9.17) is 4.74 Å². The lowest BCUT2D eigenvalue weighted by Crippen LogP contribution is -2.28. The Balaban J connectivity index is 1.92. The molecular formula is C30H35N3O4. The van der Waals surface area contributed by atoms with Gasteiger partial charge in [-0.2, -0.15) is 0 Å². The molecule has 0 radical (unpaired) electrons. The van der Waals surface area contributed by atoms with E-state index in [1.807, 2.05) is 14.0 Å². The predicted molar refractivity (Wildman–Crippen MR) is 147 cm³/mol. The second kappa shape index (κ2) is 10.6. The molecule has 0 aliphatic carbocycles. The highest BCUT2D eigenvalue weighted by Crippen LogP contribution is 2.29. The number of benzene rings is 2. The molecule has 0 saturated carbocycles. The Kier molecular flexibility index (Phi) is 7.52. The Morgan fingerprint density at radius 1 is 1.11 bits per heavy atom. The molecule has 0 N–H and O–H groups in total. The Hall–Kier alpha value is -3.87. The van der Waals surface area contributed by atoms with Crippen LogP contribution in [0.3, 0.4) is 0 Å². The molecular weight excluding hydrogens is 466 g/mol. The number of aldehydes is 1. The van der Waals surface area contributed by atoms with Gasteiger partial charge in [-0.25, -0.2) is 9.59 Å². The summed E-state index contributed by atoms with van der Waals surface area (Å²) in [4.78, 5) is 38.3. The van der Waals surface area contributed by atoms with Gasteiger partial charge in [-0.05, 0) is 81.1 Å². The van der Waals surface area contributed by atoms with Gasteiger partial charge in [0.05, 0.1) is 23.1 Å². The number of hydrogen-bond acceptors (Lipinski definition) is 4. The zero-order valence-corrected chi connectivity index (χ0v) is 22.5. The van der Waals surface area contributed by atoms with Gasteiger partial charge in [-0.1, -0.05) is 19.4 Å². The Bertz CT molecular complexity index is 1580. The van der Waals surface area contributed by atoms with Crippen molar-refractivity contribution in [3.05, 3.63) is 81.1 Å². The third kappa shape index (κ3) is 4.90. The molecule has 2 aromatic heterocycles. The summed E-state index contributed by atoms with van der Waals surface area (Å²) in [5, 5.41) is 1.14. The largest absolute Gasteiger partial charge is 0.428 e. The summed E-state index contributed by atoms with van der Waals surface area (Å²) in [7, 11) is 2.02. The minimum absolute atomic E-state index is 0.188. The van der Waals surface area contributed by atoms with Gasteiger partial charge in [0, 0.05) is 36.6 Å². The quantitative estimate of drug-likeness (QED) is 0.161. The summed E-state index contributed by atoms with van der Waals surface area (Å²) in [6, 6.07) is 9.23. The average Bonchev–Trinajstić information content (AvgIpc) is 3.31. The number of aromatic nitrogens is 3. The fourth-order valence-corrected chi connectivity index (χ4v) is 5.27. The van der Waals surface area contributed by atoms with Crippen LogP contribution >= 0.6 is 0 Å². The lowest BCUT2D eigenvalue weighted by molar-refractivity contribution is -0.108. The zero-order chi connectivity index (χ0) is 26.9. The van der Waals surface area contributed by atoms with Crippen molar-refractivity contribution >= 4 is 34.2 Å². The predicted octanol–water partition coefficient (Wildman–Crippen LogP) is 5.97. The molecule has 1 atom stereocenters. The van der Waals surface area contributed by atoms with E-state index >= 15 is 0 Å². The van der Waals surface area contributed by atoms with E-state index in [0.29, 0.717) is 29.8 Å². The molecule has 2 aromatic carbocycles. The first-order valence-corrected chi connectivity index (χ1v) is 12.8. The van der Waals surface area contributed by atoms with Gasteiger partial charge in [0.15, 0.2) is 0 Å². The Morgan fingerprint density at radius 3 is 2.54 bits per heavy atom. The summed E-state index contributed by atoms with van der Waals surface area (Å²) < 4.78 is 10.9. The van der Waals surface area contributed by atoms with E-state index in [2.05, 4.69) is 36.7 Å². The molecule has 0 bridgehead atoms. The van der Waals surface area contributed by atoms with Crippen LogP contribution in [0.2, 0.25) is 0 Å². The molecule has 0 saturated heterocycles. The first-order valence-electron chi connectivity index (χ1n) is 12.8. The maximum Gasteiger partial charge on any atom is 0.343 e. The molecule has 0 fully saturated rings. The van der Waals surface area contributed by atoms with Gasteiger partial charge in [0.25, 0.3) is 0 Å². The van der Waals surface area contributed by atoms with Crippen molar-refractivity contribution < 1.29 is 14.3 Å². The van der Waals surface area contributed by atoms with Crippen LogP contribution < -0.4 is 5.69 Å². The number of nitrogens with zero attached hydrogens (tertiary/aromatic N) is 3. The molecule has 0 aliphatic heterocycles. The standard InChI is InChI=1S/C30H35N3O4/c1-7-9-24(12-13-34)33-26-16-22(29(35)37-21(5)8-2)10-11-25(26)32(30(33)36)18-23-17-31(6)27-15-19(3)14-20(4)28(23)27/h8,10-11,13-17,24H,7,9,12,18H2,1-6H3/b21-8-/t24-/m0/s1. The summed E-state index contributed by atoms with van der Waals surface area (Å²) in [6.07, 6.45) is 6.38. The SMILES string of the molecule is C/C=C(/C)OC(=O)c1ccc2c(c1)n([C@H](CC=O)CCC)c(=O)n2Cc1cn(C)c2cc(C)cc(C)c12. The fourth-order valence-electron chi connectivity index (χ4n) is 5.27.